The van der Waals surface area contributed by atoms with Crippen LogP contribution in [0.4, 0.5) is 5.69 Å². The van der Waals surface area contributed by atoms with Gasteiger partial charge in [0.15, 0.2) is 0 Å². The van der Waals surface area contributed by atoms with Gasteiger partial charge in [0.25, 0.3) is 11.8 Å². The Kier molecular flexibility index (Phi) is 10.9. The van der Waals surface area contributed by atoms with E-state index in [4.69, 9.17) is 10.5 Å². The van der Waals surface area contributed by atoms with Gasteiger partial charge < -0.3 is 5.32 Å². The first-order chi connectivity index (χ1) is 17.3. The maximum absolute atomic E-state index is 13.2. The molecule has 188 valence electrons. The van der Waals surface area contributed by atoms with Crippen molar-refractivity contribution in [3.05, 3.63) is 29.3 Å². The summed E-state index contributed by atoms with van der Waals surface area (Å²) < 4.78 is 0. The number of carbonyl (C=O) groups is 4. The molecule has 0 aromatic heterocycles. The maximum atomic E-state index is 13.2. The number of carbonyl (C=O) groups excluding carboxylic acids is 4. The number of ketones is 1. The van der Waals surface area contributed by atoms with E-state index in [1.807, 2.05) is 32.0 Å². The van der Waals surface area contributed by atoms with Crippen LogP contribution in [0.25, 0.3) is 0 Å². The Hall–Kier alpha value is -4.38. The van der Waals surface area contributed by atoms with Crippen LogP contribution in [0.3, 0.4) is 0 Å². The van der Waals surface area contributed by atoms with Gasteiger partial charge in [-0.2, -0.15) is 20.7 Å². The second kappa shape index (κ2) is 14.1. The van der Waals surface area contributed by atoms with Crippen molar-refractivity contribution in [3.63, 3.8) is 0 Å². The maximum Gasteiger partial charge on any atom is 0.254 e. The van der Waals surface area contributed by atoms with Crippen molar-refractivity contribution in [3.8, 4) is 12.1 Å². The van der Waals surface area contributed by atoms with Gasteiger partial charge in [-0.3, -0.25) is 19.2 Å². The van der Waals surface area contributed by atoms with Crippen molar-refractivity contribution >= 4 is 40.6 Å². The van der Waals surface area contributed by atoms with Crippen LogP contribution in [-0.4, -0.2) is 34.9 Å². The van der Waals surface area contributed by atoms with Crippen molar-refractivity contribution < 1.29 is 19.2 Å². The van der Waals surface area contributed by atoms with Crippen LogP contribution in [0.2, 0.25) is 0 Å². The van der Waals surface area contributed by atoms with Crippen molar-refractivity contribution in [1.29, 1.82) is 10.5 Å². The number of nitrogens with zero attached hydrogens (tertiary/aromatic N) is 4. The van der Waals surface area contributed by atoms with Crippen LogP contribution in [0.5, 0.6) is 0 Å². The fourth-order valence-electron chi connectivity index (χ4n) is 3.82. The Morgan fingerprint density at radius 1 is 0.889 bits per heavy atom. The molecule has 0 bridgehead atoms. The first kappa shape index (κ1) is 27.9. The fraction of sp³-hybridized carbons (Fsp3) is 0.440. The normalized spacial score (nSPS) is 17.1. The van der Waals surface area contributed by atoms with Crippen molar-refractivity contribution in [2.45, 2.75) is 65.2 Å². The van der Waals surface area contributed by atoms with Gasteiger partial charge in [-0.25, -0.2) is 10.9 Å². The third-order valence-corrected chi connectivity index (χ3v) is 5.55. The zero-order valence-electron chi connectivity index (χ0n) is 20.4. The third kappa shape index (κ3) is 8.44. The van der Waals surface area contributed by atoms with Gasteiger partial charge in [-0.15, -0.1) is 0 Å². The predicted octanol–water partition coefficient (Wildman–Crippen LogP) is 2.55. The molecular formula is C25H29N7O4. The summed E-state index contributed by atoms with van der Waals surface area (Å²) in [7, 11) is 0. The van der Waals surface area contributed by atoms with E-state index in [-0.39, 0.29) is 43.8 Å². The number of anilines is 1. The largest absolute Gasteiger partial charge is 0.326 e. The summed E-state index contributed by atoms with van der Waals surface area (Å²) in [5.41, 5.74) is 7.94. The predicted molar refractivity (Wildman–Crippen MR) is 132 cm³/mol. The molecule has 1 aliphatic rings. The molecule has 0 aliphatic heterocycles. The monoisotopic (exact) mass is 491 g/mol. The van der Waals surface area contributed by atoms with Crippen molar-refractivity contribution in [2.24, 2.45) is 16.1 Å². The Bertz CT molecular complexity index is 1090. The Balaban J connectivity index is 2.10. The average Bonchev–Trinajstić information content (AvgIpc) is 2.84. The zero-order valence-corrected chi connectivity index (χ0v) is 20.4. The number of para-hydroxylation sites is 1. The number of hydrogen-bond donors (Lipinski definition) is 3. The Morgan fingerprint density at radius 2 is 1.42 bits per heavy atom. The number of benzene rings is 1. The van der Waals surface area contributed by atoms with Crippen LogP contribution < -0.4 is 16.2 Å². The summed E-state index contributed by atoms with van der Waals surface area (Å²) in [5.74, 6) is -2.56. The van der Waals surface area contributed by atoms with E-state index in [2.05, 4.69) is 26.4 Å². The van der Waals surface area contributed by atoms with Gasteiger partial charge in [-0.1, -0.05) is 18.2 Å². The lowest BCUT2D eigenvalue weighted by Gasteiger charge is -2.25. The summed E-state index contributed by atoms with van der Waals surface area (Å²) in [6.45, 7) is 3.81. The number of amides is 3. The topological polar surface area (TPSA) is 177 Å². The highest BCUT2D eigenvalue weighted by molar-refractivity contribution is 6.24. The number of hydrazone groups is 2. The number of nitrogens with one attached hydrogen (secondary N) is 3. The molecule has 1 unspecified atom stereocenters. The van der Waals surface area contributed by atoms with E-state index in [9.17, 15) is 19.2 Å². The molecule has 11 nitrogen and oxygen atoms in total. The highest BCUT2D eigenvalue weighted by atomic mass is 16.2. The lowest BCUT2D eigenvalue weighted by molar-refractivity contribution is -0.121. The van der Waals surface area contributed by atoms with Crippen LogP contribution in [0, 0.1) is 42.4 Å². The van der Waals surface area contributed by atoms with Gasteiger partial charge in [0.1, 0.15) is 18.6 Å². The number of Topliss-reactive ketones (excluding diaryl/α,β-unsaturated/α-hetero) is 1. The number of nitriles is 2. The molecular weight excluding hydrogens is 462 g/mol. The van der Waals surface area contributed by atoms with Crippen molar-refractivity contribution in [2.75, 3.05) is 5.32 Å². The van der Waals surface area contributed by atoms with E-state index >= 15 is 0 Å². The average molecular weight is 492 g/mol. The van der Waals surface area contributed by atoms with E-state index in [0.29, 0.717) is 30.7 Å². The summed E-state index contributed by atoms with van der Waals surface area (Å²) in [4.78, 5) is 49.0. The third-order valence-electron chi connectivity index (χ3n) is 5.55. The highest BCUT2D eigenvalue weighted by Crippen LogP contribution is 2.23. The van der Waals surface area contributed by atoms with Crippen LogP contribution in [0.1, 0.15) is 62.5 Å². The van der Waals surface area contributed by atoms with Crippen LogP contribution >= 0.6 is 0 Å². The van der Waals surface area contributed by atoms with Gasteiger partial charge in [0, 0.05) is 18.5 Å². The van der Waals surface area contributed by atoms with Gasteiger partial charge in [-0.05, 0) is 50.7 Å². The molecule has 1 fully saturated rings. The van der Waals surface area contributed by atoms with E-state index < -0.39 is 17.7 Å². The molecule has 0 heterocycles. The summed E-state index contributed by atoms with van der Waals surface area (Å²) in [6, 6.07) is 9.16. The van der Waals surface area contributed by atoms with E-state index in [0.717, 1.165) is 16.8 Å². The molecule has 1 aliphatic carbocycles. The second-order valence-corrected chi connectivity index (χ2v) is 8.37. The van der Waals surface area contributed by atoms with E-state index in [1.165, 1.54) is 0 Å². The molecule has 0 saturated heterocycles. The molecule has 0 spiro atoms. The summed E-state index contributed by atoms with van der Waals surface area (Å²) >= 11 is 0. The summed E-state index contributed by atoms with van der Waals surface area (Å²) in [5, 5.41) is 28.3. The number of hydrogen-bond acceptors (Lipinski definition) is 8. The zero-order chi connectivity index (χ0) is 26.5. The Labute approximate surface area is 209 Å². The van der Waals surface area contributed by atoms with Crippen LogP contribution in [-0.2, 0) is 19.2 Å². The molecule has 1 atom stereocenters. The molecule has 0 radical (unpaired) electrons. The highest BCUT2D eigenvalue weighted by Gasteiger charge is 2.33. The molecule has 1 aromatic rings. The minimum absolute atomic E-state index is 0.0567. The quantitative estimate of drug-likeness (QED) is 0.423. The van der Waals surface area contributed by atoms with Crippen LogP contribution in [0.15, 0.2) is 28.4 Å². The number of aryl methyl sites for hydroxylation is 2. The minimum atomic E-state index is -0.884. The Morgan fingerprint density at radius 3 is 1.92 bits per heavy atom. The molecule has 2 rings (SSSR count). The van der Waals surface area contributed by atoms with E-state index in [1.54, 1.807) is 12.1 Å². The lowest BCUT2D eigenvalue weighted by atomic mass is 9.81. The molecule has 1 saturated carbocycles. The van der Waals surface area contributed by atoms with Crippen molar-refractivity contribution in [1.82, 2.24) is 10.9 Å². The molecule has 3 amide bonds. The van der Waals surface area contributed by atoms with Gasteiger partial charge in [0.2, 0.25) is 5.91 Å². The molecule has 1 aromatic carbocycles. The SMILES string of the molecule is Cc1cccc(C)c1NC(=O)CCCC(=O)C1/C(=N\NC(=O)CC#N)CCC/C1=N\NC(=O)CC#N. The summed E-state index contributed by atoms with van der Waals surface area (Å²) in [6.07, 6.45) is 1.13. The smallest absolute Gasteiger partial charge is 0.254 e. The number of rotatable bonds is 10. The van der Waals surface area contributed by atoms with Gasteiger partial charge in [0.05, 0.1) is 29.5 Å². The van der Waals surface area contributed by atoms with Gasteiger partial charge >= 0.3 is 0 Å². The fourth-order valence-corrected chi connectivity index (χ4v) is 3.82. The lowest BCUT2D eigenvalue weighted by Crippen LogP contribution is -2.38. The first-order valence-corrected chi connectivity index (χ1v) is 11.6. The standard InChI is InChI=1S/C25H29N7O4/c1-16-6-3-7-17(2)25(16)28-21(34)11-5-10-20(33)24-18(29-31-22(35)12-14-26)8-4-9-19(24)30-32-23(36)13-15-27/h3,6-7,24H,4-5,8-13H2,1-2H3,(H,28,34)(H,31,35)(H,32,36)/b29-18-,30-19+. The molecule has 3 N–H and O–H groups in total. The minimum Gasteiger partial charge on any atom is -0.326 e. The molecule has 11 heteroatoms. The second-order valence-electron chi connectivity index (χ2n) is 8.37. The molecule has 36 heavy (non-hydrogen) atoms. The first-order valence-electron chi connectivity index (χ1n) is 11.6.